The Morgan fingerprint density at radius 1 is 0.778 bits per heavy atom. The van der Waals surface area contributed by atoms with Crippen LogP contribution >= 0.6 is 7.26 Å². The summed E-state index contributed by atoms with van der Waals surface area (Å²) in [6.07, 6.45) is -5.74. The Morgan fingerprint density at radius 2 is 1.35 bits per heavy atom. The van der Waals surface area contributed by atoms with Crippen LogP contribution in [0, 0.1) is 17.8 Å². The molecule has 3 aromatic rings. The zero-order valence-corrected chi connectivity index (χ0v) is 52.0. The number of likely N-dealkylation sites (N-methyl/N-ethyl adjacent to an activating group) is 1. The standard InChI is InChI=1S/C64H101N3O13P/c1-15-52-64(10,74)57(70)46(6)67(35-27-19-26-34-53(68)66(13)36-37-81(48-28-20-16-21-29-48,49-30-22-17-23-31-49)50-32-24-18-25-33-50)41-42(2)39-62(8,73)59(80-61-55(69)51(65(11)12)38-43(3)76-61)44(4)56(45(5)60(72)78-52)79-54-40-63(9,75-14)58(71)47(7)77-54/h16-18,20-25,28-33,42-47,51-52,54-59,61,69-71,73-74H,15,19,26-27,34-41H2,1-14H3/q+1/t42-,43-,44+,45-,46-,47+,51+,52-,54+,55-,56+,57-,58+,59-,61+,62-,63-,64-/m1/s1. The number of unbranched alkanes of at least 4 members (excludes halogenated alkanes) is 2. The summed E-state index contributed by atoms with van der Waals surface area (Å²) in [4.78, 5) is 34.6. The molecule has 6 rings (SSSR count). The molecule has 3 aliphatic rings. The van der Waals surface area contributed by atoms with Gasteiger partial charge in [0, 0.05) is 51.5 Å². The fraction of sp³-hybridized carbons (Fsp3) is 0.688. The molecule has 0 aromatic heterocycles. The highest BCUT2D eigenvalue weighted by atomic mass is 31.2. The van der Waals surface area contributed by atoms with E-state index in [2.05, 4.69) is 77.7 Å². The highest BCUT2D eigenvalue weighted by molar-refractivity contribution is 7.95. The van der Waals surface area contributed by atoms with Crippen molar-refractivity contribution >= 4 is 35.1 Å². The van der Waals surface area contributed by atoms with E-state index in [1.807, 2.05) is 76.8 Å². The van der Waals surface area contributed by atoms with Gasteiger partial charge in [-0.05, 0) is 144 Å². The maximum atomic E-state index is 14.7. The molecule has 0 unspecified atom stereocenters. The molecule has 18 atom stereocenters. The lowest BCUT2D eigenvalue weighted by Crippen LogP contribution is -2.60. The van der Waals surface area contributed by atoms with Crippen molar-refractivity contribution in [3.8, 4) is 0 Å². The maximum Gasteiger partial charge on any atom is 0.311 e. The Bertz CT molecular complexity index is 2290. The van der Waals surface area contributed by atoms with Crippen molar-refractivity contribution < 1.29 is 63.5 Å². The average molecular weight is 1150 g/mol. The number of benzene rings is 3. The molecule has 0 aliphatic carbocycles. The monoisotopic (exact) mass is 1150 g/mol. The smallest absolute Gasteiger partial charge is 0.311 e. The molecular formula is C64H101N3O13P+. The first-order valence-electron chi connectivity index (χ1n) is 29.8. The van der Waals surface area contributed by atoms with E-state index in [0.29, 0.717) is 45.3 Å². The van der Waals surface area contributed by atoms with Crippen LogP contribution in [-0.4, -0.2) is 196 Å². The Hall–Kier alpha value is -3.45. The lowest BCUT2D eigenvalue weighted by molar-refractivity contribution is -0.318. The van der Waals surface area contributed by atoms with E-state index in [1.54, 1.807) is 34.6 Å². The first-order valence-corrected chi connectivity index (χ1v) is 31.7. The van der Waals surface area contributed by atoms with Gasteiger partial charge in [0.15, 0.2) is 12.6 Å². The number of cyclic esters (lactones) is 1. The summed E-state index contributed by atoms with van der Waals surface area (Å²) < 4.78 is 38.4. The quantitative estimate of drug-likeness (QED) is 0.0510. The van der Waals surface area contributed by atoms with Crippen molar-refractivity contribution in [1.82, 2.24) is 14.7 Å². The maximum absolute atomic E-state index is 14.7. The number of aliphatic hydroxyl groups excluding tert-OH is 3. The SMILES string of the molecule is CC[C@H]1OC(=O)[C@H](C)[C@@H](O[C@H]2C[C@@](C)(OC)[C@@H](O)[C@H](C)O2)[C@H](C)[C@@H](O[C@@H]2O[C@H](C)C[C@H](N(C)C)[C@H]2O)[C@](C)(O)C[C@@H](C)CN(CCCCCC(=O)N(C)CC[P+](c2ccccc2)(c2ccccc2)c2ccccc2)[C@H](C)[C@@H](O)[C@]1(C)O. The molecule has 0 radical (unpaired) electrons. The third-order valence-electron chi connectivity index (χ3n) is 18.2. The van der Waals surface area contributed by atoms with Gasteiger partial charge in [-0.25, -0.2) is 0 Å². The molecule has 3 aliphatic heterocycles. The highest BCUT2D eigenvalue weighted by Crippen LogP contribution is 2.55. The summed E-state index contributed by atoms with van der Waals surface area (Å²) in [5.74, 6) is -2.76. The first kappa shape index (κ1) is 66.7. The second kappa shape index (κ2) is 29.1. The van der Waals surface area contributed by atoms with E-state index in [1.165, 1.54) is 29.9 Å². The van der Waals surface area contributed by atoms with Crippen LogP contribution in [0.2, 0.25) is 0 Å². The van der Waals surface area contributed by atoms with Crippen molar-refractivity contribution in [3.05, 3.63) is 91.0 Å². The average Bonchev–Trinajstić information content (AvgIpc) is 3.44. The fourth-order valence-electron chi connectivity index (χ4n) is 13.2. The van der Waals surface area contributed by atoms with Crippen molar-refractivity contribution in [3.63, 3.8) is 0 Å². The molecule has 3 heterocycles. The third kappa shape index (κ3) is 15.9. The van der Waals surface area contributed by atoms with Crippen LogP contribution in [-0.2, 0) is 38.0 Å². The largest absolute Gasteiger partial charge is 0.459 e. The Balaban J connectivity index is 1.24. The molecule has 16 nitrogen and oxygen atoms in total. The number of carbonyl (C=O) groups excluding carboxylic acids is 2. The van der Waals surface area contributed by atoms with Crippen LogP contribution in [0.5, 0.6) is 0 Å². The van der Waals surface area contributed by atoms with E-state index < -0.39 is 103 Å². The van der Waals surface area contributed by atoms with Crippen LogP contribution in [0.4, 0.5) is 0 Å². The molecule has 3 aromatic carbocycles. The number of ether oxygens (including phenoxy) is 6. The number of hydrogen-bond acceptors (Lipinski definition) is 15. The highest BCUT2D eigenvalue weighted by Gasteiger charge is 2.53. The predicted molar refractivity (Wildman–Crippen MR) is 319 cm³/mol. The van der Waals surface area contributed by atoms with Crippen LogP contribution in [0.3, 0.4) is 0 Å². The van der Waals surface area contributed by atoms with Gasteiger partial charge in [0.05, 0.1) is 54.2 Å². The first-order chi connectivity index (χ1) is 38.2. The Labute approximate surface area is 485 Å². The number of amides is 1. The zero-order chi connectivity index (χ0) is 59.6. The van der Waals surface area contributed by atoms with Crippen molar-refractivity contribution in [2.45, 2.75) is 211 Å². The van der Waals surface area contributed by atoms with Crippen molar-refractivity contribution in [2.24, 2.45) is 17.8 Å². The number of carbonyl (C=O) groups is 2. The summed E-state index contributed by atoms with van der Waals surface area (Å²) in [6, 6.07) is 31.1. The number of nitrogens with zero attached hydrogens (tertiary/aromatic N) is 3. The van der Waals surface area contributed by atoms with E-state index in [4.69, 9.17) is 28.4 Å². The minimum Gasteiger partial charge on any atom is -0.459 e. The zero-order valence-electron chi connectivity index (χ0n) is 51.1. The van der Waals surface area contributed by atoms with Gasteiger partial charge in [0.25, 0.3) is 0 Å². The number of hydrogen-bond donors (Lipinski definition) is 5. The van der Waals surface area contributed by atoms with Crippen LogP contribution in [0.15, 0.2) is 91.0 Å². The Morgan fingerprint density at radius 3 is 1.88 bits per heavy atom. The normalized spacial score (nSPS) is 36.1. The summed E-state index contributed by atoms with van der Waals surface area (Å²) >= 11 is 0. The van der Waals surface area contributed by atoms with Gasteiger partial charge in [-0.3, -0.25) is 14.5 Å². The number of esters is 1. The van der Waals surface area contributed by atoms with Gasteiger partial charge in [-0.2, -0.15) is 0 Å². The molecular weight excluding hydrogens is 1050 g/mol. The summed E-state index contributed by atoms with van der Waals surface area (Å²) in [5, 5.41) is 64.5. The molecule has 81 heavy (non-hydrogen) atoms. The molecule has 0 bridgehead atoms. The second-order valence-corrected chi connectivity index (χ2v) is 28.5. The number of rotatable bonds is 19. The summed E-state index contributed by atoms with van der Waals surface area (Å²) in [7, 11) is 5.06. The summed E-state index contributed by atoms with van der Waals surface area (Å²) in [5.41, 5.74) is -4.62. The van der Waals surface area contributed by atoms with Gasteiger partial charge < -0.3 is 63.8 Å². The third-order valence-corrected chi connectivity index (χ3v) is 22.6. The number of aliphatic hydroxyl groups is 5. The van der Waals surface area contributed by atoms with E-state index in [0.717, 1.165) is 12.6 Å². The molecule has 1 amide bonds. The predicted octanol–water partition coefficient (Wildman–Crippen LogP) is 6.28. The molecule has 454 valence electrons. The molecule has 17 heteroatoms. The van der Waals surface area contributed by atoms with Crippen LogP contribution in [0.1, 0.15) is 121 Å². The van der Waals surface area contributed by atoms with Gasteiger partial charge >= 0.3 is 5.97 Å². The van der Waals surface area contributed by atoms with E-state index in [-0.39, 0.29) is 43.2 Å². The number of methoxy groups -OCH3 is 1. The fourth-order valence-corrected chi connectivity index (χ4v) is 17.5. The van der Waals surface area contributed by atoms with Crippen molar-refractivity contribution in [2.75, 3.05) is 54.0 Å². The molecule has 5 N–H and O–H groups in total. The summed E-state index contributed by atoms with van der Waals surface area (Å²) in [6.45, 7) is 19.3. The molecule has 3 saturated heterocycles. The molecule has 3 fully saturated rings. The topological polar surface area (TPSA) is 200 Å². The molecule has 0 spiro atoms. The Kier molecular flexibility index (Phi) is 24.0. The minimum atomic E-state index is -2.14. The van der Waals surface area contributed by atoms with Gasteiger partial charge in [0.2, 0.25) is 5.91 Å². The van der Waals surface area contributed by atoms with Crippen LogP contribution < -0.4 is 15.9 Å². The van der Waals surface area contributed by atoms with Gasteiger partial charge in [0.1, 0.15) is 53.2 Å². The second-order valence-electron chi connectivity index (χ2n) is 24.9. The van der Waals surface area contributed by atoms with Crippen molar-refractivity contribution in [1.29, 1.82) is 0 Å². The minimum absolute atomic E-state index is 0.0752. The molecule has 0 saturated carbocycles. The van der Waals surface area contributed by atoms with E-state index >= 15 is 0 Å². The van der Waals surface area contributed by atoms with Gasteiger partial charge in [-0.15, -0.1) is 0 Å². The lowest BCUT2D eigenvalue weighted by atomic mass is 9.77. The van der Waals surface area contributed by atoms with Crippen LogP contribution in [0.25, 0.3) is 0 Å². The van der Waals surface area contributed by atoms with E-state index in [9.17, 15) is 35.1 Å². The lowest BCUT2D eigenvalue weighted by Gasteiger charge is -2.48. The van der Waals surface area contributed by atoms with Gasteiger partial charge in [-0.1, -0.05) is 81.8 Å².